The molecule has 1 aromatic heterocycles. The molecule has 4 aromatic rings. The van der Waals surface area contributed by atoms with Gasteiger partial charge in [-0.3, -0.25) is 9.78 Å². The van der Waals surface area contributed by atoms with Crippen LogP contribution in [-0.2, 0) is 44.2 Å². The van der Waals surface area contributed by atoms with Crippen molar-refractivity contribution in [3.8, 4) is 11.3 Å². The number of carbonyl (C=O) groups is 1. The maximum atomic E-state index is 12.2. The van der Waals surface area contributed by atoms with Crippen LogP contribution >= 0.6 is 11.8 Å². The van der Waals surface area contributed by atoms with Crippen LogP contribution in [0.15, 0.2) is 64.2 Å². The third-order valence-electron chi connectivity index (χ3n) is 9.75. The van der Waals surface area contributed by atoms with Crippen LogP contribution in [0.25, 0.3) is 32.8 Å². The monoisotopic (exact) mass is 953 g/mol. The molecule has 303 valence electrons. The van der Waals surface area contributed by atoms with Gasteiger partial charge < -0.3 is 5.11 Å². The molecule has 2 heterocycles. The fraction of sp³-hybridized carbons (Fsp3) is 0.532. The van der Waals surface area contributed by atoms with E-state index in [9.17, 15) is 23.1 Å². The third kappa shape index (κ3) is 12.9. The molecule has 3 nitrogen and oxygen atoms in total. The van der Waals surface area contributed by atoms with Crippen molar-refractivity contribution in [3.63, 3.8) is 0 Å². The Balaban J connectivity index is 0.000000365. The maximum Gasteiger partial charge on any atom is 0.389 e. The summed E-state index contributed by atoms with van der Waals surface area (Å²) < 4.78 is 36.7. The third-order valence-corrected chi connectivity index (χ3v) is 10.9. The summed E-state index contributed by atoms with van der Waals surface area (Å²) in [4.78, 5) is 19.3. The molecule has 0 bridgehead atoms. The molecular weight excluding hydrogens is 892 g/mol. The first-order valence-corrected chi connectivity index (χ1v) is 20.3. The largest absolute Gasteiger partial charge is 0.512 e. The van der Waals surface area contributed by atoms with E-state index in [1.807, 2.05) is 31.8 Å². The zero-order valence-electron chi connectivity index (χ0n) is 34.9. The standard InChI is InChI=1S/C34H40NS.C13H21F3O2.Ir/c1-32(2,3)18-21-10-11-25-24(14-21)17-26-30-29-23(12-13-35-30)15-22(19-33(4,5)6)16-28(29)36-31(26)27(25)20-34(7,8)9;1-4-9(5-2)11(17)7-12(18)10(6-3)8-13(14,15)16;/h10-16H,18-20H2,1-9H3;7,9-10,17H,4-6,8H2,1-3H3;/q-1;;/b;11-7-;. The maximum absolute atomic E-state index is 12.2. The first-order chi connectivity index (χ1) is 24.9. The van der Waals surface area contributed by atoms with Gasteiger partial charge in [0.1, 0.15) is 0 Å². The molecule has 3 aromatic carbocycles. The molecule has 1 atom stereocenters. The molecule has 0 amide bonds. The number of allylic oxidation sites excluding steroid dienone is 2. The Bertz CT molecular complexity index is 1990. The van der Waals surface area contributed by atoms with E-state index in [2.05, 4.69) is 105 Å². The van der Waals surface area contributed by atoms with Gasteiger partial charge in [-0.25, -0.2) is 0 Å². The topological polar surface area (TPSA) is 50.2 Å². The van der Waals surface area contributed by atoms with Crippen molar-refractivity contribution in [1.29, 1.82) is 0 Å². The minimum absolute atomic E-state index is 0. The van der Waals surface area contributed by atoms with Crippen LogP contribution in [0, 0.1) is 34.1 Å². The van der Waals surface area contributed by atoms with Crippen LogP contribution in [0.1, 0.15) is 125 Å². The normalized spacial score (nSPS) is 14.0. The SMILES string of the molecule is CC(C)(C)Cc1ccc2c(CC(C)(C)C)c3c([c-]c2c1)-c1nccc2cc(CC(C)(C)C)cc(c12)S3.CCC(CC(F)(F)F)C(=O)/C=C(\O)C(CC)CC.[Ir]. The van der Waals surface area contributed by atoms with Gasteiger partial charge >= 0.3 is 6.18 Å². The number of aliphatic hydroxyl groups is 1. The van der Waals surface area contributed by atoms with Crippen LogP contribution in [0.2, 0.25) is 0 Å². The van der Waals surface area contributed by atoms with Gasteiger partial charge in [-0.1, -0.05) is 123 Å². The number of halogens is 3. The van der Waals surface area contributed by atoms with Gasteiger partial charge in [0, 0.05) is 54.8 Å². The Morgan fingerprint density at radius 1 is 0.818 bits per heavy atom. The van der Waals surface area contributed by atoms with Crippen molar-refractivity contribution in [2.24, 2.45) is 28.1 Å². The molecule has 0 fully saturated rings. The number of alkyl halides is 3. The van der Waals surface area contributed by atoms with E-state index >= 15 is 0 Å². The van der Waals surface area contributed by atoms with Crippen molar-refractivity contribution in [3.05, 3.63) is 77.2 Å². The summed E-state index contributed by atoms with van der Waals surface area (Å²) in [6, 6.07) is 17.9. The number of nitrogens with zero attached hydrogens (tertiary/aromatic N) is 1. The Kier molecular flexibility index (Phi) is 15.5. The predicted molar refractivity (Wildman–Crippen MR) is 221 cm³/mol. The summed E-state index contributed by atoms with van der Waals surface area (Å²) in [5.41, 5.74) is 7.20. The fourth-order valence-corrected chi connectivity index (χ4v) is 8.68. The molecule has 1 unspecified atom stereocenters. The Morgan fingerprint density at radius 3 is 1.95 bits per heavy atom. The van der Waals surface area contributed by atoms with E-state index in [0.717, 1.165) is 31.0 Å². The molecule has 8 heteroatoms. The first-order valence-electron chi connectivity index (χ1n) is 19.5. The molecular formula is C47H61F3IrNO2S-. The average Bonchev–Trinajstić information content (AvgIpc) is 3.02. The number of aromatic nitrogens is 1. The van der Waals surface area contributed by atoms with Gasteiger partial charge in [-0.2, -0.15) is 13.2 Å². The first kappa shape index (κ1) is 46.7. The number of fused-ring (bicyclic) bond motifs is 3. The number of ketones is 1. The van der Waals surface area contributed by atoms with E-state index in [1.54, 1.807) is 0 Å². The molecule has 0 saturated heterocycles. The van der Waals surface area contributed by atoms with E-state index in [1.165, 1.54) is 60.5 Å². The molecule has 5 rings (SSSR count). The van der Waals surface area contributed by atoms with E-state index in [4.69, 9.17) is 4.98 Å². The molecule has 0 saturated carbocycles. The fourth-order valence-electron chi connectivity index (χ4n) is 7.38. The zero-order chi connectivity index (χ0) is 40.4. The molecule has 55 heavy (non-hydrogen) atoms. The van der Waals surface area contributed by atoms with Crippen LogP contribution in [0.4, 0.5) is 13.2 Å². The number of rotatable bonds is 10. The van der Waals surface area contributed by atoms with Crippen molar-refractivity contribution in [2.45, 2.75) is 144 Å². The molecule has 1 aliphatic rings. The number of hydrogen-bond donors (Lipinski definition) is 1. The second kappa shape index (κ2) is 18.3. The second-order valence-electron chi connectivity index (χ2n) is 18.8. The second-order valence-corrected chi connectivity index (χ2v) is 19.8. The quantitative estimate of drug-likeness (QED) is 0.0861. The van der Waals surface area contributed by atoms with E-state index in [-0.39, 0.29) is 54.4 Å². The minimum atomic E-state index is -4.35. The van der Waals surface area contributed by atoms with E-state index < -0.39 is 24.3 Å². The summed E-state index contributed by atoms with van der Waals surface area (Å²) in [5, 5.41) is 14.8. The summed E-state index contributed by atoms with van der Waals surface area (Å²) in [6.07, 6.45) is 2.05. The predicted octanol–water partition coefficient (Wildman–Crippen LogP) is 14.5. The number of carbonyl (C=O) groups excluding carboxylic acids is 1. The summed E-state index contributed by atoms with van der Waals surface area (Å²) in [7, 11) is 0. The molecule has 1 radical (unpaired) electrons. The van der Waals surface area contributed by atoms with Crippen molar-refractivity contribution >= 4 is 39.1 Å². The van der Waals surface area contributed by atoms with Gasteiger partial charge in [-0.15, -0.1) is 29.3 Å². The van der Waals surface area contributed by atoms with Crippen molar-refractivity contribution in [1.82, 2.24) is 4.98 Å². The van der Waals surface area contributed by atoms with Crippen molar-refractivity contribution < 1.29 is 43.2 Å². The van der Waals surface area contributed by atoms with Crippen LogP contribution in [0.3, 0.4) is 0 Å². The van der Waals surface area contributed by atoms with Crippen LogP contribution in [0.5, 0.6) is 0 Å². The minimum Gasteiger partial charge on any atom is -0.512 e. The number of pyridine rings is 1. The Morgan fingerprint density at radius 2 is 1.40 bits per heavy atom. The summed E-state index contributed by atoms with van der Waals surface area (Å²) in [5.74, 6) is -2.00. The smallest absolute Gasteiger partial charge is 0.389 e. The molecule has 0 spiro atoms. The Labute approximate surface area is 346 Å². The zero-order valence-corrected chi connectivity index (χ0v) is 38.1. The van der Waals surface area contributed by atoms with E-state index in [0.29, 0.717) is 12.8 Å². The number of aliphatic hydroxyl groups excluding tert-OH is 1. The van der Waals surface area contributed by atoms with Gasteiger partial charge in [0.25, 0.3) is 0 Å². The number of hydrogen-bond acceptors (Lipinski definition) is 4. The summed E-state index contributed by atoms with van der Waals surface area (Å²) >= 11 is 1.94. The van der Waals surface area contributed by atoms with Crippen molar-refractivity contribution in [2.75, 3.05) is 0 Å². The Hall–Kier alpha value is -2.67. The molecule has 0 aliphatic carbocycles. The van der Waals surface area contributed by atoms with Gasteiger partial charge in [-0.05, 0) is 88.1 Å². The van der Waals surface area contributed by atoms with Gasteiger partial charge in [0.15, 0.2) is 5.78 Å². The summed E-state index contributed by atoms with van der Waals surface area (Å²) in [6.45, 7) is 26.2. The molecule has 1 N–H and O–H groups in total. The van der Waals surface area contributed by atoms with Crippen LogP contribution in [-0.4, -0.2) is 22.1 Å². The molecule has 1 aliphatic heterocycles. The average molecular weight is 953 g/mol. The number of benzene rings is 3. The van der Waals surface area contributed by atoms with Crippen LogP contribution < -0.4 is 0 Å². The van der Waals surface area contributed by atoms with Gasteiger partial charge in [0.2, 0.25) is 0 Å². The van der Waals surface area contributed by atoms with Gasteiger partial charge in [0.05, 0.1) is 12.2 Å².